The Morgan fingerprint density at radius 3 is 3.12 bits per heavy atom. The summed E-state index contributed by atoms with van der Waals surface area (Å²) in [4.78, 5) is 4.19. The maximum Gasteiger partial charge on any atom is 0.0819 e. The van der Waals surface area contributed by atoms with Gasteiger partial charge in [-0.2, -0.15) is 0 Å². The molecule has 3 heteroatoms. The van der Waals surface area contributed by atoms with Gasteiger partial charge in [-0.15, -0.1) is 0 Å². The maximum atomic E-state index is 5.12. The van der Waals surface area contributed by atoms with Crippen molar-refractivity contribution < 1.29 is 4.74 Å². The minimum atomic E-state index is 0.421. The standard InChI is InChI=1S/C5H8INO/c6-3-5-4-8-2-1-7-5/h1,5H,2-4H2. The lowest BCUT2D eigenvalue weighted by Gasteiger charge is -2.12. The third-order valence-corrected chi connectivity index (χ3v) is 2.01. The number of halogens is 1. The zero-order valence-corrected chi connectivity index (χ0v) is 6.67. The number of hydrogen-bond donors (Lipinski definition) is 0. The molecule has 1 unspecified atom stereocenters. The van der Waals surface area contributed by atoms with Crippen molar-refractivity contribution in [3.63, 3.8) is 0 Å². The molecular formula is C5H8INO. The Morgan fingerprint density at radius 2 is 2.75 bits per heavy atom. The fourth-order valence-corrected chi connectivity index (χ4v) is 1.06. The van der Waals surface area contributed by atoms with E-state index in [0.717, 1.165) is 11.0 Å². The predicted molar refractivity (Wildman–Crippen MR) is 42.0 cm³/mol. The first-order valence-electron chi connectivity index (χ1n) is 2.59. The third-order valence-electron chi connectivity index (χ3n) is 0.997. The van der Waals surface area contributed by atoms with E-state index >= 15 is 0 Å². The summed E-state index contributed by atoms with van der Waals surface area (Å²) in [5, 5.41) is 0. The largest absolute Gasteiger partial charge is 0.374 e. The van der Waals surface area contributed by atoms with Gasteiger partial charge in [0.05, 0.1) is 19.3 Å². The second-order valence-corrected chi connectivity index (χ2v) is 2.56. The third kappa shape index (κ3) is 1.70. The quantitative estimate of drug-likeness (QED) is 0.479. The van der Waals surface area contributed by atoms with E-state index in [1.807, 2.05) is 6.21 Å². The molecule has 0 radical (unpaired) electrons. The minimum absolute atomic E-state index is 0.421. The number of nitrogens with zero attached hydrogens (tertiary/aromatic N) is 1. The Kier molecular flexibility index (Phi) is 2.75. The summed E-state index contributed by atoms with van der Waals surface area (Å²) in [7, 11) is 0. The average molecular weight is 225 g/mol. The van der Waals surface area contributed by atoms with Gasteiger partial charge in [-0.25, -0.2) is 0 Å². The highest BCUT2D eigenvalue weighted by atomic mass is 127. The Balaban J connectivity index is 2.32. The van der Waals surface area contributed by atoms with Crippen molar-refractivity contribution in [1.29, 1.82) is 0 Å². The van der Waals surface area contributed by atoms with Gasteiger partial charge in [-0.3, -0.25) is 4.99 Å². The highest BCUT2D eigenvalue weighted by Gasteiger charge is 2.05. The topological polar surface area (TPSA) is 21.6 Å². The lowest BCUT2D eigenvalue weighted by atomic mass is 10.4. The summed E-state index contributed by atoms with van der Waals surface area (Å²) in [5.74, 6) is 0. The molecule has 0 aliphatic carbocycles. The molecule has 0 aromatic rings. The summed E-state index contributed by atoms with van der Waals surface area (Å²) < 4.78 is 6.18. The first kappa shape index (κ1) is 6.48. The predicted octanol–water partition coefficient (Wildman–Crippen LogP) is 0.891. The second kappa shape index (κ2) is 3.40. The molecule has 1 aliphatic rings. The average Bonchev–Trinajstić information content (AvgIpc) is 1.90. The number of hydrogen-bond acceptors (Lipinski definition) is 2. The molecule has 1 rings (SSSR count). The highest BCUT2D eigenvalue weighted by Crippen LogP contribution is 2.00. The molecule has 0 saturated heterocycles. The van der Waals surface area contributed by atoms with Gasteiger partial charge in [0.15, 0.2) is 0 Å². The summed E-state index contributed by atoms with van der Waals surface area (Å²) in [5.41, 5.74) is 0. The van der Waals surface area contributed by atoms with E-state index in [2.05, 4.69) is 27.6 Å². The molecule has 2 nitrogen and oxygen atoms in total. The van der Waals surface area contributed by atoms with Crippen LogP contribution in [0, 0.1) is 0 Å². The second-order valence-electron chi connectivity index (χ2n) is 1.68. The molecule has 0 amide bonds. The van der Waals surface area contributed by atoms with E-state index in [4.69, 9.17) is 4.74 Å². The summed E-state index contributed by atoms with van der Waals surface area (Å²) in [6.45, 7) is 1.51. The van der Waals surface area contributed by atoms with E-state index in [1.165, 1.54) is 0 Å². The molecule has 1 heterocycles. The van der Waals surface area contributed by atoms with Crippen molar-refractivity contribution in [1.82, 2.24) is 0 Å². The first-order chi connectivity index (χ1) is 3.93. The Hall–Kier alpha value is 0.360. The van der Waals surface area contributed by atoms with Crippen LogP contribution in [0.25, 0.3) is 0 Å². The molecule has 0 spiro atoms. The van der Waals surface area contributed by atoms with Gasteiger partial charge in [-0.05, 0) is 0 Å². The van der Waals surface area contributed by atoms with Crippen molar-refractivity contribution in [2.45, 2.75) is 6.04 Å². The van der Waals surface area contributed by atoms with Crippen LogP contribution >= 0.6 is 22.6 Å². The van der Waals surface area contributed by atoms with Gasteiger partial charge in [0, 0.05) is 10.6 Å². The van der Waals surface area contributed by atoms with Crippen LogP contribution in [0.3, 0.4) is 0 Å². The molecule has 0 bridgehead atoms. The van der Waals surface area contributed by atoms with Crippen molar-refractivity contribution >= 4 is 28.8 Å². The van der Waals surface area contributed by atoms with Gasteiger partial charge in [0.2, 0.25) is 0 Å². The monoisotopic (exact) mass is 225 g/mol. The molecule has 1 aliphatic heterocycles. The van der Waals surface area contributed by atoms with Crippen LogP contribution < -0.4 is 0 Å². The van der Waals surface area contributed by atoms with E-state index in [9.17, 15) is 0 Å². The summed E-state index contributed by atoms with van der Waals surface area (Å²) in [6, 6.07) is 0.421. The Labute approximate surface area is 62.5 Å². The lowest BCUT2D eigenvalue weighted by molar-refractivity contribution is 0.154. The molecule has 0 aromatic heterocycles. The normalized spacial score (nSPS) is 28.4. The van der Waals surface area contributed by atoms with Gasteiger partial charge in [-0.1, -0.05) is 22.6 Å². The summed E-state index contributed by atoms with van der Waals surface area (Å²) >= 11 is 2.31. The molecule has 1 atom stereocenters. The molecule has 0 saturated carbocycles. The number of ether oxygens (including phenoxy) is 1. The van der Waals surface area contributed by atoms with Crippen LogP contribution in [-0.2, 0) is 4.74 Å². The van der Waals surface area contributed by atoms with Crippen molar-refractivity contribution in [3.05, 3.63) is 0 Å². The van der Waals surface area contributed by atoms with Gasteiger partial charge in [0.25, 0.3) is 0 Å². The van der Waals surface area contributed by atoms with Crippen LogP contribution in [0.15, 0.2) is 4.99 Å². The molecular weight excluding hydrogens is 217 g/mol. The number of alkyl halides is 1. The van der Waals surface area contributed by atoms with Crippen LogP contribution in [0.4, 0.5) is 0 Å². The molecule has 8 heavy (non-hydrogen) atoms. The zero-order valence-electron chi connectivity index (χ0n) is 4.51. The fourth-order valence-electron chi connectivity index (χ4n) is 0.576. The van der Waals surface area contributed by atoms with E-state index < -0.39 is 0 Å². The van der Waals surface area contributed by atoms with Crippen LogP contribution in [0.5, 0.6) is 0 Å². The number of rotatable bonds is 1. The number of aliphatic imine (C=N–C) groups is 1. The first-order valence-corrected chi connectivity index (χ1v) is 4.11. The molecule has 0 N–H and O–H groups in total. The minimum Gasteiger partial charge on any atom is -0.374 e. The smallest absolute Gasteiger partial charge is 0.0819 e. The van der Waals surface area contributed by atoms with E-state index in [-0.39, 0.29) is 0 Å². The van der Waals surface area contributed by atoms with Crippen molar-refractivity contribution in [2.75, 3.05) is 17.6 Å². The highest BCUT2D eigenvalue weighted by molar-refractivity contribution is 14.1. The van der Waals surface area contributed by atoms with Crippen molar-refractivity contribution in [2.24, 2.45) is 4.99 Å². The molecule has 0 fully saturated rings. The zero-order chi connectivity index (χ0) is 5.82. The van der Waals surface area contributed by atoms with Crippen LogP contribution in [0.1, 0.15) is 0 Å². The SMILES string of the molecule is ICC1COCC=N1. The lowest BCUT2D eigenvalue weighted by Crippen LogP contribution is -2.20. The fraction of sp³-hybridized carbons (Fsp3) is 0.800. The van der Waals surface area contributed by atoms with Gasteiger partial charge < -0.3 is 4.74 Å². The van der Waals surface area contributed by atoms with E-state index in [1.54, 1.807) is 0 Å². The maximum absolute atomic E-state index is 5.12. The molecule has 46 valence electrons. The van der Waals surface area contributed by atoms with E-state index in [0.29, 0.717) is 12.6 Å². The van der Waals surface area contributed by atoms with Crippen molar-refractivity contribution in [3.8, 4) is 0 Å². The molecule has 0 aromatic carbocycles. The van der Waals surface area contributed by atoms with Gasteiger partial charge in [0.1, 0.15) is 0 Å². The van der Waals surface area contributed by atoms with Crippen LogP contribution in [0.2, 0.25) is 0 Å². The van der Waals surface area contributed by atoms with Crippen LogP contribution in [-0.4, -0.2) is 29.9 Å². The Bertz CT molecular complexity index is 94.4. The Morgan fingerprint density at radius 1 is 1.88 bits per heavy atom. The van der Waals surface area contributed by atoms with Gasteiger partial charge >= 0.3 is 0 Å². The summed E-state index contributed by atoms with van der Waals surface area (Å²) in [6.07, 6.45) is 1.84.